The largest absolute Gasteiger partial charge is 0.396 e. The molecule has 7 nitrogen and oxygen atoms in total. The molecule has 2 heterocycles. The Morgan fingerprint density at radius 3 is 2.74 bits per heavy atom. The molecule has 4 N–H and O–H groups in total. The summed E-state index contributed by atoms with van der Waals surface area (Å²) in [4.78, 5) is 15.3. The Bertz CT molecular complexity index is 779. The van der Waals surface area contributed by atoms with Gasteiger partial charge in [0.25, 0.3) is 5.91 Å². The van der Waals surface area contributed by atoms with E-state index in [1.54, 1.807) is 6.07 Å². The zero-order chi connectivity index (χ0) is 13.4. The quantitative estimate of drug-likeness (QED) is 0.691. The van der Waals surface area contributed by atoms with Gasteiger partial charge in [0.15, 0.2) is 5.82 Å². The van der Waals surface area contributed by atoms with E-state index >= 15 is 0 Å². The molecule has 0 aliphatic carbocycles. The number of rotatable bonds is 2. The third-order valence-corrected chi connectivity index (χ3v) is 2.71. The molecule has 0 fully saturated rings. The number of primary amides is 1. The van der Waals surface area contributed by atoms with Gasteiger partial charge in [-0.3, -0.25) is 4.79 Å². The molecule has 0 unspecified atom stereocenters. The maximum Gasteiger partial charge on any atom is 0.267 e. The lowest BCUT2D eigenvalue weighted by molar-refractivity contribution is 0.0995. The van der Waals surface area contributed by atoms with Gasteiger partial charge in [-0.2, -0.15) is 4.68 Å². The maximum absolute atomic E-state index is 11.2. The number of aromatic nitrogens is 4. The summed E-state index contributed by atoms with van der Waals surface area (Å²) in [6, 6.07) is 10.4. The first-order valence-corrected chi connectivity index (χ1v) is 5.54. The normalized spacial score (nSPS) is 10.7. The highest BCUT2D eigenvalue weighted by Gasteiger charge is 2.12. The van der Waals surface area contributed by atoms with E-state index in [1.807, 2.05) is 24.3 Å². The van der Waals surface area contributed by atoms with Crippen LogP contribution < -0.4 is 11.5 Å². The Balaban J connectivity index is 2.26. The predicted octanol–water partition coefficient (Wildman–Crippen LogP) is 0.497. The van der Waals surface area contributed by atoms with E-state index in [0.29, 0.717) is 17.0 Å². The topological polar surface area (TPSA) is 113 Å². The number of nitrogen functional groups attached to an aromatic ring is 1. The second kappa shape index (κ2) is 4.05. The van der Waals surface area contributed by atoms with E-state index in [0.717, 1.165) is 5.52 Å². The van der Waals surface area contributed by atoms with Crippen LogP contribution in [0.3, 0.4) is 0 Å². The Morgan fingerprint density at radius 2 is 1.95 bits per heavy atom. The number of carbonyl (C=O) groups excluding carboxylic acids is 1. The van der Waals surface area contributed by atoms with Crippen molar-refractivity contribution in [1.82, 2.24) is 20.0 Å². The summed E-state index contributed by atoms with van der Waals surface area (Å²) in [5.41, 5.74) is 13.1. The van der Waals surface area contributed by atoms with Crippen LogP contribution in [0, 0.1) is 0 Å². The molecule has 94 valence electrons. The summed E-state index contributed by atoms with van der Waals surface area (Å²) in [6.45, 7) is 0. The predicted molar refractivity (Wildman–Crippen MR) is 69.6 cm³/mol. The second-order valence-electron chi connectivity index (χ2n) is 3.96. The number of carbonyl (C=O) groups is 1. The van der Waals surface area contributed by atoms with E-state index in [9.17, 15) is 4.79 Å². The number of nitrogens with two attached hydrogens (primary N) is 2. The van der Waals surface area contributed by atoms with Gasteiger partial charge >= 0.3 is 0 Å². The highest BCUT2D eigenvalue weighted by Crippen LogP contribution is 2.19. The number of para-hydroxylation sites is 1. The van der Waals surface area contributed by atoms with Gasteiger partial charge in [-0.15, -0.1) is 5.10 Å². The van der Waals surface area contributed by atoms with Crippen molar-refractivity contribution >= 4 is 22.6 Å². The van der Waals surface area contributed by atoms with Gasteiger partial charge in [-0.05, 0) is 24.3 Å². The number of pyridine rings is 1. The van der Waals surface area contributed by atoms with E-state index < -0.39 is 5.91 Å². The lowest BCUT2D eigenvalue weighted by Gasteiger charge is -2.06. The Labute approximate surface area is 107 Å². The van der Waals surface area contributed by atoms with Crippen molar-refractivity contribution in [2.24, 2.45) is 5.73 Å². The van der Waals surface area contributed by atoms with Crippen molar-refractivity contribution in [1.29, 1.82) is 0 Å². The molecule has 0 aliphatic rings. The molecule has 1 aromatic carbocycles. The molecule has 1 amide bonds. The lowest BCUT2D eigenvalue weighted by atomic mass is 10.3. The number of fused-ring (bicyclic) bond motifs is 1. The second-order valence-corrected chi connectivity index (χ2v) is 3.96. The van der Waals surface area contributed by atoms with E-state index in [1.165, 1.54) is 10.7 Å². The number of nitrogens with zero attached hydrogens (tertiary/aromatic N) is 4. The molecule has 0 saturated heterocycles. The summed E-state index contributed by atoms with van der Waals surface area (Å²) in [5.74, 6) is -0.282. The molecular formula is C12H10N6O. The van der Waals surface area contributed by atoms with Crippen LogP contribution in [0.2, 0.25) is 0 Å². The first-order valence-electron chi connectivity index (χ1n) is 5.54. The SMILES string of the molecule is NC(=O)c1ccc(N)c(-n2nnc3ccccc32)n1. The van der Waals surface area contributed by atoms with Crippen LogP contribution in [-0.4, -0.2) is 25.9 Å². The van der Waals surface area contributed by atoms with E-state index in [-0.39, 0.29) is 5.69 Å². The van der Waals surface area contributed by atoms with Crippen LogP contribution in [-0.2, 0) is 0 Å². The van der Waals surface area contributed by atoms with Crippen LogP contribution in [0.5, 0.6) is 0 Å². The minimum atomic E-state index is -0.620. The number of benzene rings is 1. The van der Waals surface area contributed by atoms with Crippen molar-refractivity contribution in [3.8, 4) is 5.82 Å². The van der Waals surface area contributed by atoms with Gasteiger partial charge < -0.3 is 11.5 Å². The third kappa shape index (κ3) is 1.77. The molecule has 7 heteroatoms. The third-order valence-electron chi connectivity index (χ3n) is 2.71. The van der Waals surface area contributed by atoms with Gasteiger partial charge in [0.2, 0.25) is 0 Å². The van der Waals surface area contributed by atoms with Crippen molar-refractivity contribution in [2.45, 2.75) is 0 Å². The summed E-state index contributed by atoms with van der Waals surface area (Å²) < 4.78 is 1.48. The average molecular weight is 254 g/mol. The molecule has 3 aromatic rings. The number of hydrogen-bond acceptors (Lipinski definition) is 5. The number of hydrogen-bond donors (Lipinski definition) is 2. The first-order chi connectivity index (χ1) is 9.16. The summed E-state index contributed by atoms with van der Waals surface area (Å²) >= 11 is 0. The maximum atomic E-state index is 11.2. The van der Waals surface area contributed by atoms with Crippen LogP contribution in [0.25, 0.3) is 16.9 Å². The molecule has 0 spiro atoms. The van der Waals surface area contributed by atoms with Crippen LogP contribution in [0.15, 0.2) is 36.4 Å². The number of amides is 1. The zero-order valence-corrected chi connectivity index (χ0v) is 9.82. The summed E-state index contributed by atoms with van der Waals surface area (Å²) in [5, 5.41) is 8.01. The molecule has 0 saturated carbocycles. The smallest absolute Gasteiger partial charge is 0.267 e. The average Bonchev–Trinajstić information content (AvgIpc) is 2.83. The fourth-order valence-corrected chi connectivity index (χ4v) is 1.79. The minimum Gasteiger partial charge on any atom is -0.396 e. The molecule has 0 aliphatic heterocycles. The lowest BCUT2D eigenvalue weighted by Crippen LogP contribution is -2.15. The Kier molecular flexibility index (Phi) is 2.38. The van der Waals surface area contributed by atoms with Gasteiger partial charge in [-0.25, -0.2) is 4.98 Å². The molecular weight excluding hydrogens is 244 g/mol. The fraction of sp³-hybridized carbons (Fsp3) is 0. The van der Waals surface area contributed by atoms with Crippen LogP contribution in [0.4, 0.5) is 5.69 Å². The monoisotopic (exact) mass is 254 g/mol. The van der Waals surface area contributed by atoms with Crippen molar-refractivity contribution in [3.63, 3.8) is 0 Å². The summed E-state index contributed by atoms with van der Waals surface area (Å²) in [6.07, 6.45) is 0. The van der Waals surface area contributed by atoms with Crippen LogP contribution in [0.1, 0.15) is 10.5 Å². The highest BCUT2D eigenvalue weighted by atomic mass is 16.1. The van der Waals surface area contributed by atoms with Crippen LogP contribution >= 0.6 is 0 Å². The molecule has 2 aromatic heterocycles. The molecule has 0 atom stereocenters. The van der Waals surface area contributed by atoms with Gasteiger partial charge in [0, 0.05) is 0 Å². The molecule has 3 rings (SSSR count). The first kappa shape index (κ1) is 11.1. The fourth-order valence-electron chi connectivity index (χ4n) is 1.79. The van der Waals surface area contributed by atoms with Crippen molar-refractivity contribution < 1.29 is 4.79 Å². The van der Waals surface area contributed by atoms with Gasteiger partial charge in [-0.1, -0.05) is 17.3 Å². The van der Waals surface area contributed by atoms with Crippen molar-refractivity contribution in [2.75, 3.05) is 5.73 Å². The molecule has 0 bridgehead atoms. The summed E-state index contributed by atoms with van der Waals surface area (Å²) in [7, 11) is 0. The molecule has 0 radical (unpaired) electrons. The molecule has 19 heavy (non-hydrogen) atoms. The zero-order valence-electron chi connectivity index (χ0n) is 9.82. The van der Waals surface area contributed by atoms with E-state index in [2.05, 4.69) is 15.3 Å². The number of anilines is 1. The standard InChI is InChI=1S/C12H10N6O/c13-7-5-6-9(11(14)19)15-12(7)18-10-4-2-1-3-8(10)16-17-18/h1-6H,13H2,(H2,14,19). The van der Waals surface area contributed by atoms with Gasteiger partial charge in [0.05, 0.1) is 11.2 Å². The Hall–Kier alpha value is -2.96. The minimum absolute atomic E-state index is 0.129. The highest BCUT2D eigenvalue weighted by molar-refractivity contribution is 5.91. The Morgan fingerprint density at radius 1 is 1.16 bits per heavy atom. The van der Waals surface area contributed by atoms with E-state index in [4.69, 9.17) is 11.5 Å². The van der Waals surface area contributed by atoms with Gasteiger partial charge in [0.1, 0.15) is 11.2 Å². The van der Waals surface area contributed by atoms with Crippen molar-refractivity contribution in [3.05, 3.63) is 42.1 Å².